The number of imide groups is 1. The van der Waals surface area contributed by atoms with Crippen LogP contribution in [0.2, 0.25) is 5.02 Å². The number of hydrogen-bond donors (Lipinski definition) is 3. The number of benzene rings is 1. The maximum atomic E-state index is 12.0. The molecule has 3 N–H and O–H groups in total. The van der Waals surface area contributed by atoms with Gasteiger partial charge in [-0.25, -0.2) is 4.79 Å². The lowest BCUT2D eigenvalue weighted by atomic mass is 10.1. The third-order valence-corrected chi connectivity index (χ3v) is 4.02. The first-order chi connectivity index (χ1) is 12.0. The minimum atomic E-state index is -0.619. The molecule has 4 amide bonds. The van der Waals surface area contributed by atoms with Gasteiger partial charge in [0.15, 0.2) is 0 Å². The molecule has 0 heterocycles. The average Bonchev–Trinajstić information content (AvgIpc) is 3.36. The van der Waals surface area contributed by atoms with Crippen LogP contribution in [-0.2, 0) is 16.1 Å². The van der Waals surface area contributed by atoms with E-state index in [9.17, 15) is 14.4 Å². The minimum Gasteiger partial charge on any atom is -0.352 e. The molecular weight excluding hydrogens is 342 g/mol. The van der Waals surface area contributed by atoms with Crippen LogP contribution in [0.5, 0.6) is 0 Å². The van der Waals surface area contributed by atoms with E-state index in [0.717, 1.165) is 11.5 Å². The summed E-state index contributed by atoms with van der Waals surface area (Å²) in [6, 6.07) is 6.59. The summed E-state index contributed by atoms with van der Waals surface area (Å²) in [5, 5.41) is 7.82. The predicted octanol–water partition coefficient (Wildman–Crippen LogP) is 2.85. The molecule has 1 fully saturated rings. The van der Waals surface area contributed by atoms with Crippen molar-refractivity contribution in [2.45, 2.75) is 39.7 Å². The monoisotopic (exact) mass is 367 g/mol. The van der Waals surface area contributed by atoms with Gasteiger partial charge in [0.25, 0.3) is 0 Å². The molecule has 1 aromatic rings. The lowest BCUT2D eigenvalue weighted by molar-refractivity contribution is -0.125. The first-order valence-corrected chi connectivity index (χ1v) is 8.84. The second kappa shape index (κ2) is 11.5. The van der Waals surface area contributed by atoms with Crippen molar-refractivity contribution in [1.29, 1.82) is 0 Å². The summed E-state index contributed by atoms with van der Waals surface area (Å²) in [5.41, 5.74) is 0.900. The molecule has 0 aromatic heterocycles. The Hall–Kier alpha value is -2.08. The van der Waals surface area contributed by atoms with Gasteiger partial charge >= 0.3 is 6.03 Å². The lowest BCUT2D eigenvalue weighted by Gasteiger charge is -2.15. The Morgan fingerprint density at radius 1 is 1.32 bits per heavy atom. The van der Waals surface area contributed by atoms with E-state index < -0.39 is 6.03 Å². The Balaban J connectivity index is 0.000000680. The molecular formula is C18H26ClN3O3. The predicted molar refractivity (Wildman–Crippen MR) is 98.1 cm³/mol. The van der Waals surface area contributed by atoms with E-state index in [1.165, 1.54) is 12.8 Å². The highest BCUT2D eigenvalue weighted by atomic mass is 35.5. The van der Waals surface area contributed by atoms with Gasteiger partial charge in [-0.05, 0) is 30.0 Å². The van der Waals surface area contributed by atoms with Crippen LogP contribution in [0.25, 0.3) is 0 Å². The van der Waals surface area contributed by atoms with Crippen molar-refractivity contribution in [2.75, 3.05) is 6.54 Å². The molecule has 1 atom stereocenters. The molecule has 25 heavy (non-hydrogen) atoms. The fraction of sp³-hybridized carbons (Fsp3) is 0.500. The maximum Gasteiger partial charge on any atom is 0.321 e. The van der Waals surface area contributed by atoms with Crippen molar-refractivity contribution < 1.29 is 14.4 Å². The van der Waals surface area contributed by atoms with E-state index in [-0.39, 0.29) is 24.8 Å². The molecule has 1 unspecified atom stereocenters. The van der Waals surface area contributed by atoms with Gasteiger partial charge < -0.3 is 10.6 Å². The van der Waals surface area contributed by atoms with E-state index in [1.54, 1.807) is 12.1 Å². The SMILES string of the molecule is CC1CC1.CCC(CNC(=O)NC=O)C(=O)NCc1cccc(Cl)c1. The van der Waals surface area contributed by atoms with Gasteiger partial charge in [0, 0.05) is 18.1 Å². The molecule has 7 heteroatoms. The summed E-state index contributed by atoms with van der Waals surface area (Å²) in [5.74, 6) is 0.561. The third-order valence-electron chi connectivity index (χ3n) is 3.78. The van der Waals surface area contributed by atoms with Crippen LogP contribution in [0.1, 0.15) is 38.7 Å². The van der Waals surface area contributed by atoms with Crippen molar-refractivity contribution >= 4 is 29.9 Å². The van der Waals surface area contributed by atoms with Crippen molar-refractivity contribution in [3.63, 3.8) is 0 Å². The molecule has 1 aliphatic rings. The molecule has 6 nitrogen and oxygen atoms in total. The third kappa shape index (κ3) is 9.72. The molecule has 1 saturated carbocycles. The standard InChI is InChI=1S/C14H18ClN3O3.C4H8/c1-2-11(8-17-14(21)18-9-19)13(20)16-7-10-4-3-5-12(15)6-10;1-4-2-3-4/h3-6,9,11H,2,7-8H2,1H3,(H,16,20)(H2,17,18,19,21);4H,2-3H2,1H3. The zero-order chi connectivity index (χ0) is 18.7. The van der Waals surface area contributed by atoms with Crippen molar-refractivity contribution in [2.24, 2.45) is 11.8 Å². The summed E-state index contributed by atoms with van der Waals surface area (Å²) in [6.07, 6.45) is 3.83. The molecule has 0 aliphatic heterocycles. The summed E-state index contributed by atoms with van der Waals surface area (Å²) in [4.78, 5) is 33.2. The Kier molecular flexibility index (Phi) is 9.62. The van der Waals surface area contributed by atoms with Gasteiger partial charge in [-0.15, -0.1) is 0 Å². The van der Waals surface area contributed by atoms with Crippen LogP contribution in [0, 0.1) is 11.8 Å². The zero-order valence-electron chi connectivity index (χ0n) is 14.7. The Labute approximate surface area is 153 Å². The van der Waals surface area contributed by atoms with Gasteiger partial charge in [-0.3, -0.25) is 14.9 Å². The smallest absolute Gasteiger partial charge is 0.321 e. The van der Waals surface area contributed by atoms with Gasteiger partial charge in [-0.1, -0.05) is 50.4 Å². The van der Waals surface area contributed by atoms with Crippen molar-refractivity contribution in [1.82, 2.24) is 16.0 Å². The lowest BCUT2D eigenvalue weighted by Crippen LogP contribution is -2.42. The van der Waals surface area contributed by atoms with Crippen molar-refractivity contribution in [3.8, 4) is 0 Å². The molecule has 1 aromatic carbocycles. The maximum absolute atomic E-state index is 12.0. The highest BCUT2D eigenvalue weighted by Gasteiger charge is 2.17. The Morgan fingerprint density at radius 2 is 2.00 bits per heavy atom. The number of halogens is 1. The van der Waals surface area contributed by atoms with Gasteiger partial charge in [-0.2, -0.15) is 0 Å². The molecule has 2 rings (SSSR count). The normalized spacial score (nSPS) is 13.7. The topological polar surface area (TPSA) is 87.3 Å². The van der Waals surface area contributed by atoms with Crippen LogP contribution < -0.4 is 16.0 Å². The average molecular weight is 368 g/mol. The highest BCUT2D eigenvalue weighted by Crippen LogP contribution is 2.26. The molecule has 0 spiro atoms. The number of carbonyl (C=O) groups is 3. The van der Waals surface area contributed by atoms with Crippen LogP contribution in [0.3, 0.4) is 0 Å². The number of carbonyl (C=O) groups excluding carboxylic acids is 3. The number of hydrogen-bond acceptors (Lipinski definition) is 3. The van der Waals surface area contributed by atoms with Crippen molar-refractivity contribution in [3.05, 3.63) is 34.9 Å². The van der Waals surface area contributed by atoms with Gasteiger partial charge in [0.05, 0.1) is 5.92 Å². The van der Waals surface area contributed by atoms with Crippen LogP contribution in [-0.4, -0.2) is 24.9 Å². The summed E-state index contributed by atoms with van der Waals surface area (Å²) in [7, 11) is 0. The molecule has 0 radical (unpaired) electrons. The van der Waals surface area contributed by atoms with Gasteiger partial charge in [0.2, 0.25) is 12.3 Å². The molecule has 0 saturated heterocycles. The molecule has 138 valence electrons. The Bertz CT molecular complexity index is 576. The number of urea groups is 1. The number of nitrogens with one attached hydrogen (secondary N) is 3. The second-order valence-corrected chi connectivity index (χ2v) is 6.54. The second-order valence-electron chi connectivity index (χ2n) is 6.11. The first kappa shape index (κ1) is 21.0. The van der Waals surface area contributed by atoms with E-state index in [0.29, 0.717) is 18.0 Å². The van der Waals surface area contributed by atoms with E-state index in [2.05, 4.69) is 17.6 Å². The zero-order valence-corrected chi connectivity index (χ0v) is 15.4. The van der Waals surface area contributed by atoms with Crippen LogP contribution >= 0.6 is 11.6 Å². The quantitative estimate of drug-likeness (QED) is 0.647. The summed E-state index contributed by atoms with van der Waals surface area (Å²) < 4.78 is 0. The first-order valence-electron chi connectivity index (χ1n) is 8.46. The van der Waals surface area contributed by atoms with E-state index >= 15 is 0 Å². The fourth-order valence-electron chi connectivity index (χ4n) is 1.89. The van der Waals surface area contributed by atoms with E-state index in [4.69, 9.17) is 11.6 Å². The molecule has 0 bridgehead atoms. The summed E-state index contributed by atoms with van der Waals surface area (Å²) in [6.45, 7) is 4.66. The minimum absolute atomic E-state index is 0.163. The highest BCUT2D eigenvalue weighted by molar-refractivity contribution is 6.30. The fourth-order valence-corrected chi connectivity index (χ4v) is 2.10. The number of rotatable bonds is 7. The van der Waals surface area contributed by atoms with E-state index in [1.807, 2.05) is 24.4 Å². The van der Waals surface area contributed by atoms with Crippen LogP contribution in [0.4, 0.5) is 4.79 Å². The molecule has 1 aliphatic carbocycles. The van der Waals surface area contributed by atoms with Crippen LogP contribution in [0.15, 0.2) is 24.3 Å². The number of amides is 4. The van der Waals surface area contributed by atoms with Gasteiger partial charge in [0.1, 0.15) is 0 Å². The largest absolute Gasteiger partial charge is 0.352 e. The summed E-state index contributed by atoms with van der Waals surface area (Å²) >= 11 is 5.87. The Morgan fingerprint density at radius 3 is 2.52 bits per heavy atom.